The molecule has 0 bridgehead atoms. The number of ether oxygens (including phenoxy) is 1. The summed E-state index contributed by atoms with van der Waals surface area (Å²) in [5.41, 5.74) is 3.91. The van der Waals surface area contributed by atoms with Gasteiger partial charge in [-0.25, -0.2) is 4.98 Å². The molecule has 2 aromatic carbocycles. The Bertz CT molecular complexity index is 1170. The first-order chi connectivity index (χ1) is 14.1. The summed E-state index contributed by atoms with van der Waals surface area (Å²) >= 11 is 6.45. The summed E-state index contributed by atoms with van der Waals surface area (Å²) < 4.78 is 7.37. The van der Waals surface area contributed by atoms with E-state index in [9.17, 15) is 4.79 Å². The van der Waals surface area contributed by atoms with E-state index in [1.807, 2.05) is 84.3 Å². The van der Waals surface area contributed by atoms with Crippen LogP contribution in [0.5, 0.6) is 5.75 Å². The largest absolute Gasteiger partial charge is 0.496 e. The van der Waals surface area contributed by atoms with E-state index in [0.717, 1.165) is 22.3 Å². The highest BCUT2D eigenvalue weighted by Gasteiger charge is 2.23. The van der Waals surface area contributed by atoms with Gasteiger partial charge in [0.1, 0.15) is 28.3 Å². The van der Waals surface area contributed by atoms with Crippen LogP contribution < -0.4 is 10.1 Å². The number of amides is 1. The van der Waals surface area contributed by atoms with E-state index in [1.54, 1.807) is 7.11 Å². The zero-order valence-corrected chi connectivity index (χ0v) is 16.9. The topological polar surface area (TPSA) is 55.6 Å². The Hall–Kier alpha value is -3.31. The van der Waals surface area contributed by atoms with Gasteiger partial charge in [0, 0.05) is 11.8 Å². The van der Waals surface area contributed by atoms with Crippen molar-refractivity contribution in [3.05, 3.63) is 84.1 Å². The van der Waals surface area contributed by atoms with E-state index in [0.29, 0.717) is 17.3 Å². The summed E-state index contributed by atoms with van der Waals surface area (Å²) in [7, 11) is 1.61. The van der Waals surface area contributed by atoms with Crippen LogP contribution >= 0.6 is 11.6 Å². The maximum absolute atomic E-state index is 13.0. The van der Waals surface area contributed by atoms with Crippen molar-refractivity contribution in [1.82, 2.24) is 9.38 Å². The molecule has 2 aromatic heterocycles. The smallest absolute Gasteiger partial charge is 0.248 e. The zero-order chi connectivity index (χ0) is 20.4. The van der Waals surface area contributed by atoms with Gasteiger partial charge in [-0.15, -0.1) is 11.6 Å². The molecule has 0 saturated heterocycles. The molecule has 6 heteroatoms. The van der Waals surface area contributed by atoms with Crippen LogP contribution in [-0.4, -0.2) is 22.4 Å². The Kier molecular flexibility index (Phi) is 5.23. The SMILES string of the molecule is COc1ccccc1-c1nc2ccc(C)cn2c1NC(=O)C(Cl)c1ccccc1. The monoisotopic (exact) mass is 405 g/mol. The van der Waals surface area contributed by atoms with Gasteiger partial charge < -0.3 is 10.1 Å². The van der Waals surface area contributed by atoms with Crippen molar-refractivity contribution in [2.24, 2.45) is 0 Å². The van der Waals surface area contributed by atoms with Crippen molar-refractivity contribution in [1.29, 1.82) is 0 Å². The molecule has 0 aliphatic rings. The number of carbonyl (C=O) groups excluding carboxylic acids is 1. The molecule has 5 nitrogen and oxygen atoms in total. The molecule has 0 aliphatic heterocycles. The number of fused-ring (bicyclic) bond motifs is 1. The molecule has 1 atom stereocenters. The second kappa shape index (κ2) is 7.97. The van der Waals surface area contributed by atoms with Gasteiger partial charge in [0.15, 0.2) is 0 Å². The van der Waals surface area contributed by atoms with E-state index >= 15 is 0 Å². The predicted octanol–water partition coefficient (Wildman–Crippen LogP) is 5.24. The minimum atomic E-state index is -0.822. The molecule has 1 unspecified atom stereocenters. The number of benzene rings is 2. The van der Waals surface area contributed by atoms with E-state index < -0.39 is 5.38 Å². The lowest BCUT2D eigenvalue weighted by atomic mass is 10.1. The molecule has 0 radical (unpaired) electrons. The minimum absolute atomic E-state index is 0.322. The van der Waals surface area contributed by atoms with Gasteiger partial charge in [-0.05, 0) is 36.2 Å². The molecule has 0 aliphatic carbocycles. The van der Waals surface area contributed by atoms with Crippen molar-refractivity contribution < 1.29 is 9.53 Å². The van der Waals surface area contributed by atoms with Gasteiger partial charge >= 0.3 is 0 Å². The number of rotatable bonds is 5. The maximum Gasteiger partial charge on any atom is 0.248 e. The highest BCUT2D eigenvalue weighted by atomic mass is 35.5. The van der Waals surface area contributed by atoms with Gasteiger partial charge in [0.25, 0.3) is 0 Å². The normalized spacial score (nSPS) is 12.0. The standard InChI is InChI=1S/C23H20ClN3O2/c1-15-12-13-19-25-21(17-10-6-7-11-18(17)29-2)22(27(19)14-15)26-23(28)20(24)16-8-4-3-5-9-16/h3-14,20H,1-2H3,(H,26,28). The highest BCUT2D eigenvalue weighted by Crippen LogP contribution is 2.36. The number of aryl methyl sites for hydroxylation is 1. The van der Waals surface area contributed by atoms with Gasteiger partial charge in [0.05, 0.1) is 7.11 Å². The van der Waals surface area contributed by atoms with Crippen LogP contribution in [0.4, 0.5) is 5.82 Å². The second-order valence-electron chi connectivity index (χ2n) is 6.71. The Balaban J connectivity index is 1.82. The fourth-order valence-electron chi connectivity index (χ4n) is 3.25. The van der Waals surface area contributed by atoms with Crippen molar-refractivity contribution in [2.45, 2.75) is 12.3 Å². The number of methoxy groups -OCH3 is 1. The Morgan fingerprint density at radius 2 is 1.79 bits per heavy atom. The number of hydrogen-bond donors (Lipinski definition) is 1. The molecule has 1 N–H and O–H groups in total. The molecule has 0 saturated carbocycles. The molecular formula is C23H20ClN3O2. The number of nitrogens with one attached hydrogen (secondary N) is 1. The lowest BCUT2D eigenvalue weighted by molar-refractivity contribution is -0.116. The van der Waals surface area contributed by atoms with Crippen LogP contribution in [0.1, 0.15) is 16.5 Å². The van der Waals surface area contributed by atoms with Crippen molar-refractivity contribution in [3.63, 3.8) is 0 Å². The third kappa shape index (κ3) is 3.69. The number of aromatic nitrogens is 2. The number of hydrogen-bond acceptors (Lipinski definition) is 3. The number of pyridine rings is 1. The van der Waals surface area contributed by atoms with Gasteiger partial charge in [-0.1, -0.05) is 48.5 Å². The highest BCUT2D eigenvalue weighted by molar-refractivity contribution is 6.32. The lowest BCUT2D eigenvalue weighted by Gasteiger charge is -2.13. The number of carbonyl (C=O) groups is 1. The van der Waals surface area contributed by atoms with Crippen molar-refractivity contribution in [2.75, 3.05) is 12.4 Å². The third-order valence-corrected chi connectivity index (χ3v) is 5.14. The van der Waals surface area contributed by atoms with Crippen LogP contribution in [-0.2, 0) is 4.79 Å². The van der Waals surface area contributed by atoms with Crippen molar-refractivity contribution >= 4 is 29.0 Å². The molecule has 146 valence electrons. The number of para-hydroxylation sites is 1. The molecule has 4 aromatic rings. The summed E-state index contributed by atoms with van der Waals surface area (Å²) in [4.78, 5) is 17.7. The fourth-order valence-corrected chi connectivity index (χ4v) is 3.45. The average molecular weight is 406 g/mol. The second-order valence-corrected chi connectivity index (χ2v) is 7.14. The maximum atomic E-state index is 13.0. The number of halogens is 1. The fraction of sp³-hybridized carbons (Fsp3) is 0.130. The number of alkyl halides is 1. The van der Waals surface area contributed by atoms with Crippen LogP contribution in [0.3, 0.4) is 0 Å². The van der Waals surface area contributed by atoms with Gasteiger partial charge in [-0.3, -0.25) is 9.20 Å². The quantitative estimate of drug-likeness (QED) is 0.462. The van der Waals surface area contributed by atoms with Crippen LogP contribution in [0, 0.1) is 6.92 Å². The van der Waals surface area contributed by atoms with Crippen LogP contribution in [0.2, 0.25) is 0 Å². The number of nitrogens with zero attached hydrogens (tertiary/aromatic N) is 2. The average Bonchev–Trinajstić information content (AvgIpc) is 3.11. The Morgan fingerprint density at radius 1 is 1.07 bits per heavy atom. The summed E-state index contributed by atoms with van der Waals surface area (Å²) in [5.74, 6) is 0.908. The summed E-state index contributed by atoms with van der Waals surface area (Å²) in [6.07, 6.45) is 1.93. The number of anilines is 1. The first-order valence-corrected chi connectivity index (χ1v) is 9.64. The van der Waals surface area contributed by atoms with E-state index in [4.69, 9.17) is 21.3 Å². The van der Waals surface area contributed by atoms with E-state index in [1.165, 1.54) is 0 Å². The molecule has 0 spiro atoms. The third-order valence-electron chi connectivity index (χ3n) is 4.69. The minimum Gasteiger partial charge on any atom is -0.496 e. The van der Waals surface area contributed by atoms with Crippen molar-refractivity contribution in [3.8, 4) is 17.0 Å². The lowest BCUT2D eigenvalue weighted by Crippen LogP contribution is -2.19. The molecule has 1 amide bonds. The summed E-state index contributed by atoms with van der Waals surface area (Å²) in [6.45, 7) is 1.99. The Morgan fingerprint density at radius 3 is 2.55 bits per heavy atom. The first kappa shape index (κ1) is 19.0. The summed E-state index contributed by atoms with van der Waals surface area (Å²) in [5, 5.41) is 2.16. The Labute approximate surface area is 173 Å². The molecule has 0 fully saturated rings. The molecule has 4 rings (SSSR count). The zero-order valence-electron chi connectivity index (χ0n) is 16.1. The molecule has 2 heterocycles. The van der Waals surface area contributed by atoms with E-state index in [-0.39, 0.29) is 5.91 Å². The van der Waals surface area contributed by atoms with Gasteiger partial charge in [-0.2, -0.15) is 0 Å². The molecule has 29 heavy (non-hydrogen) atoms. The van der Waals surface area contributed by atoms with Gasteiger partial charge in [0.2, 0.25) is 5.91 Å². The van der Waals surface area contributed by atoms with Crippen LogP contribution in [0.25, 0.3) is 16.9 Å². The molecular weight excluding hydrogens is 386 g/mol. The first-order valence-electron chi connectivity index (χ1n) is 9.20. The number of imidazole rings is 1. The summed E-state index contributed by atoms with van der Waals surface area (Å²) in [6, 6.07) is 20.7. The van der Waals surface area contributed by atoms with E-state index in [2.05, 4.69) is 5.32 Å². The predicted molar refractivity (Wildman–Crippen MR) is 116 cm³/mol. The van der Waals surface area contributed by atoms with Crippen LogP contribution in [0.15, 0.2) is 72.9 Å².